The molecule has 0 fully saturated rings. The largest absolute Gasteiger partial charge is 0.464 e. The summed E-state index contributed by atoms with van der Waals surface area (Å²) >= 11 is 0. The fourth-order valence-corrected chi connectivity index (χ4v) is 7.27. The van der Waals surface area contributed by atoms with Gasteiger partial charge < -0.3 is 4.42 Å². The lowest BCUT2D eigenvalue weighted by Crippen LogP contribution is -1.92. The molecule has 1 nitrogen and oxygen atoms in total. The Morgan fingerprint density at radius 2 is 0.894 bits per heavy atom. The van der Waals surface area contributed by atoms with Crippen molar-refractivity contribution in [2.75, 3.05) is 0 Å². The summed E-state index contributed by atoms with van der Waals surface area (Å²) in [5.41, 5.74) is 4.11. The van der Waals surface area contributed by atoms with E-state index in [9.17, 15) is 5.48 Å². The molecule has 1 heteroatoms. The number of para-hydroxylation sites is 1. The van der Waals surface area contributed by atoms with E-state index in [-0.39, 0.29) is 51.3 Å². The van der Waals surface area contributed by atoms with Gasteiger partial charge in [-0.15, -0.1) is 0 Å². The van der Waals surface area contributed by atoms with Gasteiger partial charge in [0.15, 0.2) is 0 Å². The molecule has 10 rings (SSSR count). The van der Waals surface area contributed by atoms with E-state index in [0.29, 0.717) is 27.7 Å². The third-order valence-corrected chi connectivity index (χ3v) is 9.38. The Balaban J connectivity index is 1.38. The molecular weight excluding hydrogens is 569 g/mol. The Hall–Kier alpha value is -6.18. The molecular formula is C46H28O. The number of rotatable bonds is 3. The van der Waals surface area contributed by atoms with Gasteiger partial charge in [0.25, 0.3) is 0 Å². The van der Waals surface area contributed by atoms with Crippen molar-refractivity contribution < 1.29 is 15.4 Å². The molecule has 10 aromatic rings. The van der Waals surface area contributed by atoms with Crippen molar-refractivity contribution in [1.29, 1.82) is 0 Å². The van der Waals surface area contributed by atoms with Crippen molar-refractivity contribution in [2.24, 2.45) is 0 Å². The van der Waals surface area contributed by atoms with Gasteiger partial charge in [-0.2, -0.15) is 0 Å². The Kier molecular flexibility index (Phi) is 4.19. The minimum atomic E-state index is -0.443. The predicted molar refractivity (Wildman–Crippen MR) is 200 cm³/mol. The minimum absolute atomic E-state index is 0.152. The van der Waals surface area contributed by atoms with Gasteiger partial charge in [0, 0.05) is 16.5 Å². The standard InChI is InChI=1S/C46H28O/c1-2-12-32-29(11-1)21-22-30-23-24-31(27-42(30)32)33-25-26-41(35-14-4-3-13-34(33)35)45-37-16-5-7-18-39(37)46(40-19-8-6-17-38(40)45)43-28-47-44-20-10-9-15-36(43)44/h1-28H/i5D,6D,7D,8D,16D,17D,18D,19D. The van der Waals surface area contributed by atoms with Gasteiger partial charge in [0.2, 0.25) is 0 Å². The molecule has 0 aliphatic carbocycles. The highest BCUT2D eigenvalue weighted by molar-refractivity contribution is 6.25. The molecule has 0 amide bonds. The van der Waals surface area contributed by atoms with E-state index >= 15 is 0 Å². The van der Waals surface area contributed by atoms with Gasteiger partial charge in [-0.1, -0.05) is 151 Å². The van der Waals surface area contributed by atoms with E-state index in [1.54, 1.807) is 6.07 Å². The van der Waals surface area contributed by atoms with Gasteiger partial charge >= 0.3 is 0 Å². The maximum absolute atomic E-state index is 9.42. The lowest BCUT2D eigenvalue weighted by Gasteiger charge is -2.19. The fraction of sp³-hybridized carbons (Fsp3) is 0. The maximum atomic E-state index is 9.42. The molecule has 9 aromatic carbocycles. The van der Waals surface area contributed by atoms with Crippen molar-refractivity contribution in [3.8, 4) is 33.4 Å². The summed E-state index contributed by atoms with van der Waals surface area (Å²) in [6, 6.07) is 35.0. The van der Waals surface area contributed by atoms with Crippen LogP contribution in [-0.4, -0.2) is 0 Å². The van der Waals surface area contributed by atoms with E-state index in [1.807, 2.05) is 66.7 Å². The van der Waals surface area contributed by atoms with Crippen LogP contribution < -0.4 is 0 Å². The molecule has 0 unspecified atom stereocenters. The van der Waals surface area contributed by atoms with Gasteiger partial charge in [-0.05, 0) is 88.2 Å². The molecule has 0 saturated heterocycles. The summed E-state index contributed by atoms with van der Waals surface area (Å²) in [6.07, 6.45) is 1.50. The summed E-state index contributed by atoms with van der Waals surface area (Å²) in [5, 5.41) is 7.47. The van der Waals surface area contributed by atoms with Crippen LogP contribution in [0.5, 0.6) is 0 Å². The Labute approximate surface area is 283 Å². The van der Waals surface area contributed by atoms with Crippen molar-refractivity contribution in [3.63, 3.8) is 0 Å². The van der Waals surface area contributed by atoms with Crippen LogP contribution in [0.4, 0.5) is 0 Å². The van der Waals surface area contributed by atoms with Crippen LogP contribution in [0.25, 0.3) is 98.2 Å². The number of furan rings is 1. The zero-order chi connectivity index (χ0) is 37.9. The summed E-state index contributed by atoms with van der Waals surface area (Å²) in [5.74, 6) is 0. The maximum Gasteiger partial charge on any atom is 0.134 e. The van der Waals surface area contributed by atoms with E-state index in [1.165, 1.54) is 6.26 Å². The van der Waals surface area contributed by atoms with Gasteiger partial charge in [-0.25, -0.2) is 0 Å². The molecule has 0 N–H and O–H groups in total. The normalized spacial score (nSPS) is 14.2. The van der Waals surface area contributed by atoms with Crippen LogP contribution in [0.1, 0.15) is 11.0 Å². The first-order valence-corrected chi connectivity index (χ1v) is 15.5. The van der Waals surface area contributed by atoms with E-state index in [0.717, 1.165) is 43.4 Å². The highest BCUT2D eigenvalue weighted by atomic mass is 16.3. The van der Waals surface area contributed by atoms with Crippen LogP contribution >= 0.6 is 0 Å². The third-order valence-electron chi connectivity index (χ3n) is 9.38. The Morgan fingerprint density at radius 3 is 1.60 bits per heavy atom. The zero-order valence-electron chi connectivity index (χ0n) is 33.0. The summed E-state index contributed by atoms with van der Waals surface area (Å²) in [4.78, 5) is 0. The number of benzene rings is 9. The quantitative estimate of drug-likeness (QED) is 0.144. The van der Waals surface area contributed by atoms with Crippen LogP contribution in [0.15, 0.2) is 174 Å². The minimum Gasteiger partial charge on any atom is -0.464 e. The fourth-order valence-electron chi connectivity index (χ4n) is 7.27. The van der Waals surface area contributed by atoms with Crippen LogP contribution in [0.3, 0.4) is 0 Å². The highest BCUT2D eigenvalue weighted by Gasteiger charge is 2.21. The SMILES string of the molecule is [2H]c1c([2H])c([2H])c2c(-c3ccc(-c4ccc5ccc6ccccc6c5c4)c4ccccc34)c3c([2H])c([2H])c([2H])c([2H])c3c(-c3coc4ccccc34)c2c1[2H]. The predicted octanol–water partition coefficient (Wildman–Crippen LogP) is 13.2. The number of hydrogen-bond donors (Lipinski definition) is 0. The molecule has 47 heavy (non-hydrogen) atoms. The average molecular weight is 605 g/mol. The summed E-state index contributed by atoms with van der Waals surface area (Å²) < 4.78 is 78.8. The molecule has 0 atom stereocenters. The molecule has 0 radical (unpaired) electrons. The second-order valence-electron chi connectivity index (χ2n) is 11.8. The first-order chi connectivity index (χ1) is 26.7. The molecule has 1 aromatic heterocycles. The van der Waals surface area contributed by atoms with Crippen molar-refractivity contribution in [3.05, 3.63) is 170 Å². The summed E-state index contributed by atoms with van der Waals surface area (Å²) in [7, 11) is 0. The van der Waals surface area contributed by atoms with Crippen molar-refractivity contribution in [2.45, 2.75) is 0 Å². The third kappa shape index (κ3) is 3.90. The first-order valence-electron chi connectivity index (χ1n) is 19.5. The van der Waals surface area contributed by atoms with Gasteiger partial charge in [0.05, 0.1) is 17.2 Å². The first kappa shape index (κ1) is 19.4. The number of hydrogen-bond acceptors (Lipinski definition) is 1. The second-order valence-corrected chi connectivity index (χ2v) is 11.8. The lowest BCUT2D eigenvalue weighted by atomic mass is 9.83. The molecule has 0 saturated carbocycles. The zero-order valence-corrected chi connectivity index (χ0v) is 25.0. The van der Waals surface area contributed by atoms with E-state index in [4.69, 9.17) is 9.90 Å². The van der Waals surface area contributed by atoms with Gasteiger partial charge in [-0.3, -0.25) is 0 Å². The van der Waals surface area contributed by atoms with Crippen LogP contribution in [0.2, 0.25) is 0 Å². The topological polar surface area (TPSA) is 13.1 Å². The van der Waals surface area contributed by atoms with Crippen molar-refractivity contribution >= 4 is 64.8 Å². The van der Waals surface area contributed by atoms with Gasteiger partial charge in [0.1, 0.15) is 5.58 Å². The Morgan fingerprint density at radius 1 is 0.383 bits per heavy atom. The molecule has 0 aliphatic rings. The van der Waals surface area contributed by atoms with E-state index < -0.39 is 24.2 Å². The average Bonchev–Trinajstić information content (AvgIpc) is 3.65. The summed E-state index contributed by atoms with van der Waals surface area (Å²) in [6.45, 7) is 0. The van der Waals surface area contributed by atoms with Crippen molar-refractivity contribution in [1.82, 2.24) is 0 Å². The lowest BCUT2D eigenvalue weighted by molar-refractivity contribution is 0.617. The monoisotopic (exact) mass is 604 g/mol. The van der Waals surface area contributed by atoms with Crippen LogP contribution in [-0.2, 0) is 0 Å². The van der Waals surface area contributed by atoms with E-state index in [2.05, 4.69) is 42.5 Å². The second kappa shape index (κ2) is 10.2. The molecule has 0 spiro atoms. The molecule has 1 heterocycles. The number of fused-ring (bicyclic) bond motifs is 7. The molecule has 0 bridgehead atoms. The molecule has 0 aliphatic heterocycles. The molecule has 218 valence electrons. The van der Waals surface area contributed by atoms with Crippen LogP contribution in [0, 0.1) is 0 Å². The Bertz CT molecular complexity index is 3230. The smallest absolute Gasteiger partial charge is 0.134 e. The highest BCUT2D eigenvalue weighted by Crippen LogP contribution is 2.48.